The maximum absolute atomic E-state index is 14.6. The summed E-state index contributed by atoms with van der Waals surface area (Å²) in [5.74, 6) is -2.35. The zero-order valence-corrected chi connectivity index (χ0v) is 13.9. The Morgan fingerprint density at radius 3 is 1.88 bits per heavy atom. The molecule has 132 valence electrons. The van der Waals surface area contributed by atoms with Crippen molar-refractivity contribution in [3.63, 3.8) is 0 Å². The number of ether oxygens (including phenoxy) is 2. The van der Waals surface area contributed by atoms with E-state index in [2.05, 4.69) is 0 Å². The molecule has 1 N–H and O–H groups in total. The van der Waals surface area contributed by atoms with Crippen molar-refractivity contribution >= 4 is 5.97 Å². The van der Waals surface area contributed by atoms with Crippen LogP contribution in [0.3, 0.4) is 0 Å². The molecule has 0 aliphatic heterocycles. The molecule has 0 saturated carbocycles. The second-order valence-corrected chi connectivity index (χ2v) is 5.61. The maximum atomic E-state index is 14.6. The van der Waals surface area contributed by atoms with Crippen LogP contribution in [-0.2, 0) is 13.2 Å². The number of carbonyl (C=O) groups is 1. The summed E-state index contributed by atoms with van der Waals surface area (Å²) in [5, 5.41) is 9.14. The van der Waals surface area contributed by atoms with Crippen LogP contribution in [0.4, 0.5) is 4.39 Å². The monoisotopic (exact) mass is 352 g/mol. The van der Waals surface area contributed by atoms with E-state index in [-0.39, 0.29) is 24.7 Å². The molecule has 0 aromatic heterocycles. The molecule has 0 radical (unpaired) electrons. The van der Waals surface area contributed by atoms with Crippen LogP contribution in [0.5, 0.6) is 11.5 Å². The predicted octanol–water partition coefficient (Wildman–Crippen LogP) is 4.68. The van der Waals surface area contributed by atoms with E-state index in [4.69, 9.17) is 14.6 Å². The van der Waals surface area contributed by atoms with Gasteiger partial charge in [-0.3, -0.25) is 0 Å². The molecule has 5 heteroatoms. The highest BCUT2D eigenvalue weighted by molar-refractivity contribution is 5.89. The van der Waals surface area contributed by atoms with Crippen LogP contribution in [0.15, 0.2) is 72.8 Å². The summed E-state index contributed by atoms with van der Waals surface area (Å²) >= 11 is 0. The van der Waals surface area contributed by atoms with Gasteiger partial charge in [-0.25, -0.2) is 9.18 Å². The zero-order chi connectivity index (χ0) is 18.4. The Bertz CT molecular complexity index is 879. The lowest BCUT2D eigenvalue weighted by Gasteiger charge is -2.15. The van der Waals surface area contributed by atoms with E-state index in [1.165, 1.54) is 12.1 Å². The number of benzene rings is 3. The van der Waals surface area contributed by atoms with E-state index in [1.807, 2.05) is 60.7 Å². The van der Waals surface area contributed by atoms with Crippen LogP contribution < -0.4 is 9.47 Å². The second kappa shape index (κ2) is 8.16. The first-order chi connectivity index (χ1) is 12.6. The van der Waals surface area contributed by atoms with Gasteiger partial charge in [-0.05, 0) is 23.3 Å². The molecule has 3 aromatic rings. The fraction of sp³-hybridized carbons (Fsp3) is 0.0952. The Morgan fingerprint density at radius 1 is 0.808 bits per heavy atom. The minimum atomic E-state index is -1.36. The van der Waals surface area contributed by atoms with Gasteiger partial charge in [-0.2, -0.15) is 0 Å². The molecule has 0 aliphatic rings. The molecular formula is C21H17FO4. The van der Waals surface area contributed by atoms with Crippen LogP contribution >= 0.6 is 0 Å². The van der Waals surface area contributed by atoms with Crippen molar-refractivity contribution in [3.8, 4) is 11.5 Å². The highest BCUT2D eigenvalue weighted by atomic mass is 19.1. The van der Waals surface area contributed by atoms with Crippen molar-refractivity contribution in [1.29, 1.82) is 0 Å². The quantitative estimate of drug-likeness (QED) is 0.671. The van der Waals surface area contributed by atoms with Gasteiger partial charge >= 0.3 is 5.97 Å². The molecule has 26 heavy (non-hydrogen) atoms. The van der Waals surface area contributed by atoms with Gasteiger partial charge in [-0.15, -0.1) is 0 Å². The first kappa shape index (κ1) is 17.5. The molecule has 0 aliphatic carbocycles. The molecule has 0 heterocycles. The van der Waals surface area contributed by atoms with Crippen molar-refractivity contribution in [2.24, 2.45) is 0 Å². The number of halogens is 1. The van der Waals surface area contributed by atoms with Crippen molar-refractivity contribution in [1.82, 2.24) is 0 Å². The van der Waals surface area contributed by atoms with Crippen LogP contribution in [0, 0.1) is 5.82 Å². The minimum Gasteiger partial charge on any atom is -0.485 e. The average Bonchev–Trinajstić information content (AvgIpc) is 2.67. The first-order valence-electron chi connectivity index (χ1n) is 8.04. The summed E-state index contributed by atoms with van der Waals surface area (Å²) in [6.45, 7) is 0.316. The lowest BCUT2D eigenvalue weighted by Crippen LogP contribution is -2.07. The summed E-state index contributed by atoms with van der Waals surface area (Å²) in [6, 6.07) is 21.2. The maximum Gasteiger partial charge on any atom is 0.338 e. The van der Waals surface area contributed by atoms with E-state index in [0.29, 0.717) is 0 Å². The van der Waals surface area contributed by atoms with Crippen LogP contribution in [0.25, 0.3) is 0 Å². The van der Waals surface area contributed by atoms with Gasteiger partial charge in [0.15, 0.2) is 17.3 Å². The van der Waals surface area contributed by atoms with E-state index in [0.717, 1.165) is 11.1 Å². The summed E-state index contributed by atoms with van der Waals surface area (Å²) in [4.78, 5) is 11.2. The summed E-state index contributed by atoms with van der Waals surface area (Å²) in [7, 11) is 0. The molecule has 0 spiro atoms. The molecule has 3 rings (SSSR count). The number of carboxylic acids is 1. The lowest BCUT2D eigenvalue weighted by atomic mass is 10.1. The third kappa shape index (κ3) is 4.19. The first-order valence-corrected chi connectivity index (χ1v) is 8.04. The van der Waals surface area contributed by atoms with E-state index >= 15 is 0 Å². The van der Waals surface area contributed by atoms with Crippen molar-refractivity contribution in [3.05, 3.63) is 95.3 Å². The number of carboxylic acid groups (broad SMARTS) is 1. The lowest BCUT2D eigenvalue weighted by molar-refractivity contribution is 0.0690. The fourth-order valence-corrected chi connectivity index (χ4v) is 2.42. The van der Waals surface area contributed by atoms with Gasteiger partial charge in [0.1, 0.15) is 13.2 Å². The Morgan fingerprint density at radius 2 is 1.35 bits per heavy atom. The van der Waals surface area contributed by atoms with Gasteiger partial charge in [-0.1, -0.05) is 60.7 Å². The van der Waals surface area contributed by atoms with E-state index in [1.54, 1.807) is 0 Å². The largest absolute Gasteiger partial charge is 0.485 e. The third-order valence-corrected chi connectivity index (χ3v) is 3.75. The third-order valence-electron chi connectivity index (χ3n) is 3.75. The van der Waals surface area contributed by atoms with Gasteiger partial charge in [0.2, 0.25) is 0 Å². The topological polar surface area (TPSA) is 55.8 Å². The van der Waals surface area contributed by atoms with Gasteiger partial charge < -0.3 is 14.6 Å². The Labute approximate surface area is 150 Å². The normalized spacial score (nSPS) is 10.3. The second-order valence-electron chi connectivity index (χ2n) is 5.61. The molecule has 3 aromatic carbocycles. The zero-order valence-electron chi connectivity index (χ0n) is 13.9. The smallest absolute Gasteiger partial charge is 0.338 e. The summed E-state index contributed by atoms with van der Waals surface area (Å²) < 4.78 is 25.9. The summed E-state index contributed by atoms with van der Waals surface area (Å²) in [5.41, 5.74) is 1.28. The Balaban J connectivity index is 1.84. The minimum absolute atomic E-state index is 0.0997. The van der Waals surface area contributed by atoms with Gasteiger partial charge in [0, 0.05) is 0 Å². The van der Waals surface area contributed by atoms with Crippen molar-refractivity contribution in [2.45, 2.75) is 13.2 Å². The van der Waals surface area contributed by atoms with E-state index in [9.17, 15) is 9.18 Å². The molecule has 0 saturated heterocycles. The number of aromatic carboxylic acids is 1. The standard InChI is InChI=1S/C21H17FO4/c22-19-17(21(23)24)11-12-18(25-13-15-7-3-1-4-8-15)20(19)26-14-16-9-5-2-6-10-16/h1-12H,13-14H2,(H,23,24). The van der Waals surface area contributed by atoms with Gasteiger partial charge in [0.25, 0.3) is 0 Å². The van der Waals surface area contributed by atoms with Crippen LogP contribution in [0.2, 0.25) is 0 Å². The van der Waals surface area contributed by atoms with Crippen molar-refractivity contribution in [2.75, 3.05) is 0 Å². The highest BCUT2D eigenvalue weighted by Crippen LogP contribution is 2.34. The SMILES string of the molecule is O=C(O)c1ccc(OCc2ccccc2)c(OCc2ccccc2)c1F. The molecule has 0 amide bonds. The Hall–Kier alpha value is -3.34. The Kier molecular flexibility index (Phi) is 5.49. The predicted molar refractivity (Wildman–Crippen MR) is 94.9 cm³/mol. The average molecular weight is 352 g/mol. The molecule has 0 fully saturated rings. The van der Waals surface area contributed by atoms with Gasteiger partial charge in [0.05, 0.1) is 5.56 Å². The molecule has 0 bridgehead atoms. The number of hydrogen-bond acceptors (Lipinski definition) is 3. The van der Waals surface area contributed by atoms with Crippen molar-refractivity contribution < 1.29 is 23.8 Å². The molecular weight excluding hydrogens is 335 g/mol. The molecule has 0 atom stereocenters. The fourth-order valence-electron chi connectivity index (χ4n) is 2.42. The van der Waals surface area contributed by atoms with Crippen LogP contribution in [-0.4, -0.2) is 11.1 Å². The molecule has 0 unspecified atom stereocenters. The number of hydrogen-bond donors (Lipinski definition) is 1. The van der Waals surface area contributed by atoms with E-state index < -0.39 is 17.3 Å². The van der Waals surface area contributed by atoms with Crippen LogP contribution in [0.1, 0.15) is 21.5 Å². The molecule has 4 nitrogen and oxygen atoms in total. The summed E-state index contributed by atoms with van der Waals surface area (Å²) in [6.07, 6.45) is 0. The highest BCUT2D eigenvalue weighted by Gasteiger charge is 2.20. The number of rotatable bonds is 7.